The highest BCUT2D eigenvalue weighted by molar-refractivity contribution is 4.81. The molecule has 0 rings (SSSR count). The summed E-state index contributed by atoms with van der Waals surface area (Å²) >= 11 is 0. The molecule has 1 N–H and O–H groups in total. The fraction of sp³-hybridized carbons (Fsp3) is 0.500. The summed E-state index contributed by atoms with van der Waals surface area (Å²) in [5, 5.41) is 16.7. The number of aliphatic hydroxyl groups is 1. The molecule has 0 spiro atoms. The zero-order chi connectivity index (χ0) is 6.41. The van der Waals surface area contributed by atoms with E-state index < -0.39 is 6.10 Å². The summed E-state index contributed by atoms with van der Waals surface area (Å²) in [6.07, 6.45) is 1.82. The third-order valence-electron chi connectivity index (χ3n) is 0.824. The van der Waals surface area contributed by atoms with Crippen LogP contribution in [-0.2, 0) is 0 Å². The molecule has 1 unspecified atom stereocenters. The maximum Gasteiger partial charge on any atom is 0.0728 e. The highest BCUT2D eigenvalue weighted by Gasteiger charge is 1.93. The molecule has 0 aliphatic heterocycles. The van der Waals surface area contributed by atoms with Crippen LogP contribution in [0.15, 0.2) is 12.7 Å². The molecule has 2 nitrogen and oxygen atoms in total. The normalized spacial score (nSPS) is 12.0. The Balaban J connectivity index is 3.13. The Bertz CT molecular complexity index is 104. The fourth-order valence-corrected chi connectivity index (χ4v) is 0.330. The van der Waals surface area contributed by atoms with Crippen LogP contribution in [-0.4, -0.2) is 11.2 Å². The van der Waals surface area contributed by atoms with Crippen LogP contribution in [0.1, 0.15) is 12.8 Å². The molecule has 0 bridgehead atoms. The second kappa shape index (κ2) is 4.35. The molecule has 0 aromatic heterocycles. The zero-order valence-electron chi connectivity index (χ0n) is 4.67. The molecular weight excluding hydrogens is 102 g/mol. The summed E-state index contributed by atoms with van der Waals surface area (Å²) in [4.78, 5) is 0. The molecule has 1 atom stereocenters. The van der Waals surface area contributed by atoms with E-state index in [9.17, 15) is 0 Å². The minimum atomic E-state index is -0.505. The summed E-state index contributed by atoms with van der Waals surface area (Å²) in [5.41, 5.74) is 0. The van der Waals surface area contributed by atoms with E-state index in [1.54, 1.807) is 0 Å². The Labute approximate surface area is 49.1 Å². The first-order chi connectivity index (χ1) is 3.81. The van der Waals surface area contributed by atoms with E-state index in [0.29, 0.717) is 12.8 Å². The van der Waals surface area contributed by atoms with Crippen LogP contribution in [0.5, 0.6) is 0 Å². The molecule has 44 valence electrons. The molecular formula is C6H9NO. The highest BCUT2D eigenvalue weighted by atomic mass is 16.3. The monoisotopic (exact) mass is 111 g/mol. The Kier molecular flexibility index (Phi) is 3.91. The largest absolute Gasteiger partial charge is 0.389 e. The predicted octanol–water partition coefficient (Wildman–Crippen LogP) is 0.837. The molecule has 0 heterocycles. The molecule has 0 saturated heterocycles. The minimum Gasteiger partial charge on any atom is -0.389 e. The number of nitriles is 1. The minimum absolute atomic E-state index is 0.396. The van der Waals surface area contributed by atoms with E-state index in [1.165, 1.54) is 6.08 Å². The van der Waals surface area contributed by atoms with E-state index in [-0.39, 0.29) is 0 Å². The lowest BCUT2D eigenvalue weighted by Gasteiger charge is -1.96. The molecule has 2 heteroatoms. The van der Waals surface area contributed by atoms with Gasteiger partial charge in [0.15, 0.2) is 0 Å². The van der Waals surface area contributed by atoms with Gasteiger partial charge in [-0.2, -0.15) is 5.26 Å². The Morgan fingerprint density at radius 2 is 2.50 bits per heavy atom. The van der Waals surface area contributed by atoms with E-state index in [2.05, 4.69) is 6.58 Å². The van der Waals surface area contributed by atoms with Crippen LogP contribution in [0, 0.1) is 11.3 Å². The summed E-state index contributed by atoms with van der Waals surface area (Å²) in [6, 6.07) is 1.93. The summed E-state index contributed by atoms with van der Waals surface area (Å²) in [7, 11) is 0. The summed E-state index contributed by atoms with van der Waals surface area (Å²) in [6.45, 7) is 3.35. The molecule has 0 saturated carbocycles. The zero-order valence-corrected chi connectivity index (χ0v) is 4.67. The highest BCUT2D eigenvalue weighted by Crippen LogP contribution is 1.94. The van der Waals surface area contributed by atoms with Gasteiger partial charge in [0.2, 0.25) is 0 Å². The molecule has 0 aliphatic rings. The van der Waals surface area contributed by atoms with E-state index in [0.717, 1.165) is 0 Å². The number of hydrogen-bond acceptors (Lipinski definition) is 2. The first-order valence-electron chi connectivity index (χ1n) is 2.49. The second-order valence-electron chi connectivity index (χ2n) is 1.50. The standard InChI is InChI=1S/C6H9NO/c1-2-6(8)4-3-5-7/h2,6,8H,1,3-4H2. The topological polar surface area (TPSA) is 44.0 Å². The van der Waals surface area contributed by atoms with Crippen LogP contribution in [0.4, 0.5) is 0 Å². The lowest BCUT2D eigenvalue weighted by molar-refractivity contribution is 0.215. The van der Waals surface area contributed by atoms with Gasteiger partial charge in [-0.1, -0.05) is 6.08 Å². The SMILES string of the molecule is C=CC(O)CCC#N. The average molecular weight is 111 g/mol. The smallest absolute Gasteiger partial charge is 0.0728 e. The lowest BCUT2D eigenvalue weighted by atomic mass is 10.2. The summed E-state index contributed by atoms with van der Waals surface area (Å²) < 4.78 is 0. The first-order valence-corrected chi connectivity index (χ1v) is 2.49. The van der Waals surface area contributed by atoms with Gasteiger partial charge in [-0.15, -0.1) is 6.58 Å². The fourth-order valence-electron chi connectivity index (χ4n) is 0.330. The van der Waals surface area contributed by atoms with Gasteiger partial charge in [-0.25, -0.2) is 0 Å². The third-order valence-corrected chi connectivity index (χ3v) is 0.824. The lowest BCUT2D eigenvalue weighted by Crippen LogP contribution is -1.99. The Morgan fingerprint density at radius 1 is 1.88 bits per heavy atom. The molecule has 0 amide bonds. The predicted molar refractivity (Wildman–Crippen MR) is 31.1 cm³/mol. The van der Waals surface area contributed by atoms with Gasteiger partial charge in [-0.3, -0.25) is 0 Å². The average Bonchev–Trinajstić information content (AvgIpc) is 1.83. The number of rotatable bonds is 3. The van der Waals surface area contributed by atoms with Gasteiger partial charge in [0.1, 0.15) is 0 Å². The van der Waals surface area contributed by atoms with Crippen LogP contribution >= 0.6 is 0 Å². The Morgan fingerprint density at radius 3 is 2.88 bits per heavy atom. The van der Waals surface area contributed by atoms with Crippen LogP contribution < -0.4 is 0 Å². The van der Waals surface area contributed by atoms with Crippen molar-refractivity contribution in [3.8, 4) is 6.07 Å². The Hall–Kier alpha value is -0.810. The van der Waals surface area contributed by atoms with Gasteiger partial charge < -0.3 is 5.11 Å². The van der Waals surface area contributed by atoms with Crippen molar-refractivity contribution in [3.63, 3.8) is 0 Å². The van der Waals surface area contributed by atoms with Crippen molar-refractivity contribution in [2.24, 2.45) is 0 Å². The van der Waals surface area contributed by atoms with Gasteiger partial charge in [0.25, 0.3) is 0 Å². The van der Waals surface area contributed by atoms with Gasteiger partial charge in [0.05, 0.1) is 12.2 Å². The van der Waals surface area contributed by atoms with Crippen LogP contribution in [0.25, 0.3) is 0 Å². The maximum atomic E-state index is 8.72. The number of aliphatic hydroxyl groups excluding tert-OH is 1. The second-order valence-corrected chi connectivity index (χ2v) is 1.50. The molecule has 0 radical (unpaired) electrons. The molecule has 8 heavy (non-hydrogen) atoms. The van der Waals surface area contributed by atoms with Crippen molar-refractivity contribution in [1.29, 1.82) is 5.26 Å². The van der Waals surface area contributed by atoms with Gasteiger partial charge in [0, 0.05) is 6.42 Å². The maximum absolute atomic E-state index is 8.72. The van der Waals surface area contributed by atoms with Crippen molar-refractivity contribution >= 4 is 0 Å². The van der Waals surface area contributed by atoms with Crippen LogP contribution in [0.2, 0.25) is 0 Å². The van der Waals surface area contributed by atoms with Crippen molar-refractivity contribution in [3.05, 3.63) is 12.7 Å². The van der Waals surface area contributed by atoms with E-state index in [1.807, 2.05) is 6.07 Å². The molecule has 0 aromatic rings. The third kappa shape index (κ3) is 3.38. The quantitative estimate of drug-likeness (QED) is 0.548. The van der Waals surface area contributed by atoms with E-state index >= 15 is 0 Å². The summed E-state index contributed by atoms with van der Waals surface area (Å²) in [5.74, 6) is 0. The molecule has 0 aromatic carbocycles. The van der Waals surface area contributed by atoms with Gasteiger partial charge in [-0.05, 0) is 6.42 Å². The van der Waals surface area contributed by atoms with Crippen LogP contribution in [0.3, 0.4) is 0 Å². The van der Waals surface area contributed by atoms with E-state index in [4.69, 9.17) is 10.4 Å². The van der Waals surface area contributed by atoms with Crippen molar-refractivity contribution < 1.29 is 5.11 Å². The molecule has 0 aliphatic carbocycles. The number of hydrogen-bond donors (Lipinski definition) is 1. The number of nitrogens with zero attached hydrogens (tertiary/aromatic N) is 1. The van der Waals surface area contributed by atoms with Gasteiger partial charge >= 0.3 is 0 Å². The van der Waals surface area contributed by atoms with Crippen molar-refractivity contribution in [2.75, 3.05) is 0 Å². The first kappa shape index (κ1) is 7.19. The van der Waals surface area contributed by atoms with Crippen molar-refractivity contribution in [2.45, 2.75) is 18.9 Å². The molecule has 0 fully saturated rings. The van der Waals surface area contributed by atoms with Crippen molar-refractivity contribution in [1.82, 2.24) is 0 Å².